The molecule has 6 nitrogen and oxygen atoms in total. The van der Waals surface area contributed by atoms with Crippen LogP contribution < -0.4 is 10.6 Å². The average molecular weight is 396 g/mol. The topological polar surface area (TPSA) is 84.5 Å². The first-order valence-electron chi connectivity index (χ1n) is 8.72. The third-order valence-corrected chi connectivity index (χ3v) is 4.70. The van der Waals surface area contributed by atoms with Gasteiger partial charge in [-0.2, -0.15) is 11.8 Å². The van der Waals surface area contributed by atoms with Crippen molar-refractivity contribution in [3.63, 3.8) is 0 Å². The summed E-state index contributed by atoms with van der Waals surface area (Å²) in [6, 6.07) is 15.9. The Hall–Kier alpha value is -3.19. The lowest BCUT2D eigenvalue weighted by Gasteiger charge is -2.10. The maximum Gasteiger partial charge on any atom is 0.267 e. The summed E-state index contributed by atoms with van der Waals surface area (Å²) in [5, 5.41) is 5.48. The van der Waals surface area contributed by atoms with E-state index in [1.54, 1.807) is 54.4 Å². The Kier molecular flexibility index (Phi) is 7.14. The van der Waals surface area contributed by atoms with E-state index in [1.807, 2.05) is 18.2 Å². The lowest BCUT2D eigenvalue weighted by atomic mass is 10.2. The van der Waals surface area contributed by atoms with Crippen LogP contribution >= 0.6 is 11.8 Å². The molecule has 2 heterocycles. The Labute approximate surface area is 167 Å². The van der Waals surface area contributed by atoms with Crippen LogP contribution in [0, 0.1) is 0 Å². The van der Waals surface area contributed by atoms with E-state index < -0.39 is 0 Å². The number of amides is 2. The van der Waals surface area contributed by atoms with Gasteiger partial charge in [0.05, 0.1) is 18.3 Å². The van der Waals surface area contributed by atoms with E-state index in [-0.39, 0.29) is 17.5 Å². The van der Waals surface area contributed by atoms with E-state index in [4.69, 9.17) is 8.83 Å². The molecule has 7 heteroatoms. The van der Waals surface area contributed by atoms with E-state index in [9.17, 15) is 9.59 Å². The molecule has 0 unspecified atom stereocenters. The molecule has 144 valence electrons. The fourth-order valence-electron chi connectivity index (χ4n) is 2.36. The lowest BCUT2D eigenvalue weighted by Crippen LogP contribution is -2.35. The van der Waals surface area contributed by atoms with Crippen molar-refractivity contribution in [3.05, 3.63) is 89.9 Å². The molecule has 3 rings (SSSR count). The summed E-state index contributed by atoms with van der Waals surface area (Å²) in [4.78, 5) is 25.0. The Balaban J connectivity index is 1.56. The number of carbonyl (C=O) groups excluding carboxylic acids is 2. The van der Waals surface area contributed by atoms with Crippen molar-refractivity contribution in [1.82, 2.24) is 10.6 Å². The minimum absolute atomic E-state index is 0.125. The predicted molar refractivity (Wildman–Crippen MR) is 108 cm³/mol. The summed E-state index contributed by atoms with van der Waals surface area (Å²) in [6.07, 6.45) is 4.65. The highest BCUT2D eigenvalue weighted by Crippen LogP contribution is 2.12. The van der Waals surface area contributed by atoms with Gasteiger partial charge in [0.25, 0.3) is 11.8 Å². The largest absolute Gasteiger partial charge is 0.468 e. The molecule has 0 radical (unpaired) electrons. The monoisotopic (exact) mass is 396 g/mol. The first kappa shape index (κ1) is 19.6. The molecule has 0 fully saturated rings. The van der Waals surface area contributed by atoms with Crippen molar-refractivity contribution in [2.45, 2.75) is 5.75 Å². The van der Waals surface area contributed by atoms with Crippen molar-refractivity contribution in [1.29, 1.82) is 0 Å². The molecule has 0 bridgehead atoms. The standard InChI is InChI=1S/C21H20N2O4S/c24-20(16-6-2-1-3-7-16)23-19(14-17-8-4-11-26-17)21(25)22-10-13-28-15-18-9-5-12-27-18/h1-9,11-12,14H,10,13,15H2,(H,22,25)(H,23,24)/b19-14-. The summed E-state index contributed by atoms with van der Waals surface area (Å²) in [5.41, 5.74) is 0.592. The summed E-state index contributed by atoms with van der Waals surface area (Å²) >= 11 is 1.65. The van der Waals surface area contributed by atoms with Gasteiger partial charge in [0.15, 0.2) is 0 Å². The van der Waals surface area contributed by atoms with Crippen LogP contribution in [0.2, 0.25) is 0 Å². The highest BCUT2D eigenvalue weighted by atomic mass is 32.2. The summed E-state index contributed by atoms with van der Waals surface area (Å²) in [6.45, 7) is 0.459. The van der Waals surface area contributed by atoms with Crippen LogP contribution in [-0.4, -0.2) is 24.1 Å². The van der Waals surface area contributed by atoms with Crippen LogP contribution in [0.15, 0.2) is 81.7 Å². The fraction of sp³-hybridized carbons (Fsp3) is 0.143. The lowest BCUT2D eigenvalue weighted by molar-refractivity contribution is -0.117. The molecule has 28 heavy (non-hydrogen) atoms. The summed E-state index contributed by atoms with van der Waals surface area (Å²) in [7, 11) is 0. The maximum absolute atomic E-state index is 12.6. The van der Waals surface area contributed by atoms with Gasteiger partial charge in [0.2, 0.25) is 0 Å². The number of hydrogen-bond donors (Lipinski definition) is 2. The third kappa shape index (κ3) is 5.92. The number of nitrogens with one attached hydrogen (secondary N) is 2. The fourth-order valence-corrected chi connectivity index (χ4v) is 3.11. The van der Waals surface area contributed by atoms with E-state index in [2.05, 4.69) is 10.6 Å². The van der Waals surface area contributed by atoms with E-state index >= 15 is 0 Å². The number of rotatable bonds is 9. The normalized spacial score (nSPS) is 11.2. The molecule has 0 aliphatic carbocycles. The van der Waals surface area contributed by atoms with Gasteiger partial charge in [-0.3, -0.25) is 9.59 Å². The van der Waals surface area contributed by atoms with Crippen LogP contribution in [0.5, 0.6) is 0 Å². The number of benzene rings is 1. The number of carbonyl (C=O) groups is 2. The van der Waals surface area contributed by atoms with Crippen LogP contribution in [0.3, 0.4) is 0 Å². The van der Waals surface area contributed by atoms with E-state index in [1.165, 1.54) is 12.3 Å². The molecular formula is C21H20N2O4S. The van der Waals surface area contributed by atoms with Gasteiger partial charge in [-0.25, -0.2) is 0 Å². The molecule has 0 saturated carbocycles. The molecular weight excluding hydrogens is 376 g/mol. The molecule has 0 saturated heterocycles. The Bertz CT molecular complexity index is 903. The quantitative estimate of drug-likeness (QED) is 0.426. The highest BCUT2D eigenvalue weighted by molar-refractivity contribution is 7.98. The van der Waals surface area contributed by atoms with Gasteiger partial charge in [-0.1, -0.05) is 18.2 Å². The van der Waals surface area contributed by atoms with Gasteiger partial charge in [-0.15, -0.1) is 0 Å². The SMILES string of the molecule is O=C(NCCSCc1ccco1)/C(=C/c1ccco1)NC(=O)c1ccccc1. The van der Waals surface area contributed by atoms with Gasteiger partial charge < -0.3 is 19.5 Å². The van der Waals surface area contributed by atoms with Crippen molar-refractivity contribution < 1.29 is 18.4 Å². The number of thioether (sulfide) groups is 1. The minimum atomic E-state index is -0.376. The molecule has 2 N–H and O–H groups in total. The Morgan fingerprint density at radius 1 is 0.964 bits per heavy atom. The third-order valence-electron chi connectivity index (χ3n) is 3.71. The molecule has 2 amide bonds. The second kappa shape index (κ2) is 10.2. The maximum atomic E-state index is 12.6. The van der Waals surface area contributed by atoms with Crippen molar-refractivity contribution in [2.24, 2.45) is 0 Å². The zero-order valence-electron chi connectivity index (χ0n) is 15.1. The molecule has 0 atom stereocenters. The van der Waals surface area contributed by atoms with Crippen LogP contribution in [0.4, 0.5) is 0 Å². The van der Waals surface area contributed by atoms with Crippen LogP contribution in [-0.2, 0) is 10.5 Å². The Morgan fingerprint density at radius 2 is 1.75 bits per heavy atom. The first-order chi connectivity index (χ1) is 13.7. The van der Waals surface area contributed by atoms with Gasteiger partial charge in [0.1, 0.15) is 17.2 Å². The molecule has 0 aliphatic rings. The average Bonchev–Trinajstić information content (AvgIpc) is 3.42. The highest BCUT2D eigenvalue weighted by Gasteiger charge is 2.15. The summed E-state index contributed by atoms with van der Waals surface area (Å²) in [5.74, 6) is 2.09. The molecule has 0 aliphatic heterocycles. The molecule has 2 aromatic heterocycles. The zero-order valence-corrected chi connectivity index (χ0v) is 15.9. The van der Waals surface area contributed by atoms with Crippen LogP contribution in [0.1, 0.15) is 21.9 Å². The van der Waals surface area contributed by atoms with Gasteiger partial charge in [-0.05, 0) is 36.4 Å². The van der Waals surface area contributed by atoms with Crippen molar-refractivity contribution in [2.75, 3.05) is 12.3 Å². The predicted octanol–water partition coefficient (Wildman–Crippen LogP) is 3.69. The molecule has 3 aromatic rings. The smallest absolute Gasteiger partial charge is 0.267 e. The second-order valence-electron chi connectivity index (χ2n) is 5.78. The van der Waals surface area contributed by atoms with Gasteiger partial charge in [0, 0.05) is 23.9 Å². The van der Waals surface area contributed by atoms with Gasteiger partial charge >= 0.3 is 0 Å². The van der Waals surface area contributed by atoms with E-state index in [0.29, 0.717) is 23.6 Å². The van der Waals surface area contributed by atoms with Crippen molar-refractivity contribution in [3.8, 4) is 0 Å². The molecule has 0 spiro atoms. The number of hydrogen-bond acceptors (Lipinski definition) is 5. The Morgan fingerprint density at radius 3 is 2.46 bits per heavy atom. The second-order valence-corrected chi connectivity index (χ2v) is 6.89. The first-order valence-corrected chi connectivity index (χ1v) is 9.88. The number of furan rings is 2. The summed E-state index contributed by atoms with van der Waals surface area (Å²) < 4.78 is 10.5. The minimum Gasteiger partial charge on any atom is -0.468 e. The van der Waals surface area contributed by atoms with Crippen LogP contribution in [0.25, 0.3) is 6.08 Å². The van der Waals surface area contributed by atoms with Crippen molar-refractivity contribution >= 4 is 29.7 Å². The zero-order chi connectivity index (χ0) is 19.6. The van der Waals surface area contributed by atoms with E-state index in [0.717, 1.165) is 11.5 Å². The molecule has 1 aromatic carbocycles.